The lowest BCUT2D eigenvalue weighted by molar-refractivity contribution is -0.360. The zero-order valence-corrected chi connectivity index (χ0v) is 42.4. The van der Waals surface area contributed by atoms with Gasteiger partial charge in [0.15, 0.2) is 6.29 Å². The maximum Gasteiger partial charge on any atom is 0.272 e. The summed E-state index contributed by atoms with van der Waals surface area (Å²) in [5.74, 6) is -0.386. The first kappa shape index (κ1) is 54.3. The molecule has 12 nitrogen and oxygen atoms in total. The summed E-state index contributed by atoms with van der Waals surface area (Å²) in [4.78, 5) is 13.4. The molecule has 2 heterocycles. The van der Waals surface area contributed by atoms with Crippen molar-refractivity contribution in [2.45, 2.75) is 105 Å². The first-order chi connectivity index (χ1) is 35.6. The number of amides is 1. The Morgan fingerprint density at radius 1 is 0.493 bits per heavy atom. The molecule has 2 aliphatic heterocycles. The van der Waals surface area contributed by atoms with Crippen LogP contribution in [0.1, 0.15) is 33.4 Å². The second-order valence-electron chi connectivity index (χ2n) is 17.6. The number of hydrogen-bond donors (Lipinski definition) is 1. The highest BCUT2D eigenvalue weighted by molar-refractivity contribution is 6.76. The molecule has 6 aromatic carbocycles. The van der Waals surface area contributed by atoms with E-state index in [1.807, 2.05) is 176 Å². The van der Waals surface area contributed by atoms with Gasteiger partial charge in [-0.2, -0.15) is 0 Å². The Hall–Kier alpha value is -4.97. The Bertz CT molecular complexity index is 2520. The molecule has 2 aliphatic rings. The van der Waals surface area contributed by atoms with Crippen molar-refractivity contribution in [1.29, 1.82) is 0 Å². The van der Waals surface area contributed by atoms with E-state index < -0.39 is 71.1 Å². The molecule has 10 atom stereocenters. The summed E-state index contributed by atoms with van der Waals surface area (Å²) >= 11 is 18.3. The number of alkyl halides is 4. The van der Waals surface area contributed by atoms with Gasteiger partial charge in [0.1, 0.15) is 54.5 Å². The van der Waals surface area contributed by atoms with Crippen molar-refractivity contribution in [1.82, 2.24) is 5.32 Å². The predicted octanol–water partition coefficient (Wildman–Crippen LogP) is 10.4. The van der Waals surface area contributed by atoms with E-state index in [0.29, 0.717) is 5.75 Å². The van der Waals surface area contributed by atoms with Crippen LogP contribution >= 0.6 is 34.8 Å². The summed E-state index contributed by atoms with van der Waals surface area (Å²) in [7, 11) is 1.61. The second-order valence-corrected chi connectivity index (χ2v) is 19.9. The van der Waals surface area contributed by atoms with Gasteiger partial charge < -0.3 is 52.7 Å². The van der Waals surface area contributed by atoms with Gasteiger partial charge in [-0.05, 0) is 45.5 Å². The van der Waals surface area contributed by atoms with Crippen molar-refractivity contribution >= 4 is 40.7 Å². The molecule has 1 amide bonds. The smallest absolute Gasteiger partial charge is 0.272 e. The SMILES string of the molecule is COc1ccc(COC[C@H]2O[C@@H](O[C@H]3[C@H](OCc4ccccc4)[C@@H](NC(=O)C(Cl)(Cl)Cl)[C@H](F)O[C@@H]3COCc3ccccc3)[C@H](OCc3ccccc3)[C@@H](OCc3ccccc3)[C@H]2OCc2ccccc2)cc1. The Balaban J connectivity index is 1.19. The van der Waals surface area contributed by atoms with Crippen LogP contribution in [-0.2, 0) is 87.1 Å². The fourth-order valence-corrected chi connectivity index (χ4v) is 8.73. The molecular formula is C57H59Cl3FNO11. The van der Waals surface area contributed by atoms with E-state index in [0.717, 1.165) is 33.4 Å². The van der Waals surface area contributed by atoms with Crippen LogP contribution in [0.3, 0.4) is 0 Å². The van der Waals surface area contributed by atoms with E-state index in [1.54, 1.807) is 7.11 Å². The van der Waals surface area contributed by atoms with Gasteiger partial charge in [-0.15, -0.1) is 0 Å². The average Bonchev–Trinajstić information content (AvgIpc) is 3.41. The molecule has 386 valence electrons. The van der Waals surface area contributed by atoms with Gasteiger partial charge >= 0.3 is 0 Å². The number of benzene rings is 6. The molecular weight excluding hydrogens is 1000 g/mol. The molecule has 0 radical (unpaired) electrons. The summed E-state index contributed by atoms with van der Waals surface area (Å²) in [5.41, 5.74) is 5.21. The third-order valence-corrected chi connectivity index (χ3v) is 12.8. The topological polar surface area (TPSA) is 121 Å². The second kappa shape index (κ2) is 27.5. The molecule has 0 aromatic heterocycles. The number of halogens is 4. The molecule has 6 aromatic rings. The van der Waals surface area contributed by atoms with Crippen molar-refractivity contribution in [3.05, 3.63) is 209 Å². The Morgan fingerprint density at radius 2 is 0.877 bits per heavy atom. The number of ether oxygens (including phenoxy) is 10. The molecule has 0 saturated carbocycles. The molecule has 0 aliphatic carbocycles. The molecule has 8 rings (SSSR count). The van der Waals surface area contributed by atoms with E-state index in [-0.39, 0.29) is 52.9 Å². The quantitative estimate of drug-likeness (QED) is 0.0583. The summed E-state index contributed by atoms with van der Waals surface area (Å²) in [6, 6.07) is 54.0. The number of methoxy groups -OCH3 is 1. The van der Waals surface area contributed by atoms with Gasteiger partial charge in [0.05, 0.1) is 60.0 Å². The van der Waals surface area contributed by atoms with E-state index in [2.05, 4.69) is 5.32 Å². The van der Waals surface area contributed by atoms with E-state index in [1.165, 1.54) is 0 Å². The average molecular weight is 1060 g/mol. The first-order valence-electron chi connectivity index (χ1n) is 24.0. The Morgan fingerprint density at radius 3 is 1.32 bits per heavy atom. The summed E-state index contributed by atoms with van der Waals surface area (Å²) in [6.07, 6.45) is -10.8. The van der Waals surface area contributed by atoms with Crippen LogP contribution in [0.4, 0.5) is 4.39 Å². The lowest BCUT2D eigenvalue weighted by Gasteiger charge is -2.49. The molecule has 73 heavy (non-hydrogen) atoms. The third kappa shape index (κ3) is 16.0. The highest BCUT2D eigenvalue weighted by Crippen LogP contribution is 2.37. The summed E-state index contributed by atoms with van der Waals surface area (Å²) in [5, 5.41) is 2.54. The number of hydrogen-bond acceptors (Lipinski definition) is 11. The number of nitrogens with one attached hydrogen (secondary N) is 1. The number of carbonyl (C=O) groups is 1. The van der Waals surface area contributed by atoms with E-state index >= 15 is 4.39 Å². The predicted molar refractivity (Wildman–Crippen MR) is 274 cm³/mol. The van der Waals surface area contributed by atoms with Crippen LogP contribution in [0, 0.1) is 0 Å². The lowest BCUT2D eigenvalue weighted by Crippen LogP contribution is -2.68. The van der Waals surface area contributed by atoms with Crippen LogP contribution in [0.5, 0.6) is 5.75 Å². The minimum Gasteiger partial charge on any atom is -0.497 e. The van der Waals surface area contributed by atoms with Gasteiger partial charge in [0.25, 0.3) is 9.70 Å². The van der Waals surface area contributed by atoms with Crippen molar-refractivity contribution in [3.63, 3.8) is 0 Å². The molecule has 0 unspecified atom stereocenters. The third-order valence-electron chi connectivity index (χ3n) is 12.3. The standard InChI is InChI=1S/C57H59Cl3FNO11/c1-64-45-29-27-44(28-30-45)32-66-37-46-49(67-33-40-19-9-3-10-20-40)52(69-35-42-23-13-5-14-24-42)53(70-36-43-25-15-6-16-26-43)55(72-46)73-50-47(38-65-31-39-17-7-2-8-18-39)71-54(61)48(62-56(63)57(58,59)60)51(50)68-34-41-21-11-4-12-22-41/h2-30,46-55H,31-38H2,1H3,(H,62,63)/t46-,47-,48-,49+,50-,51-,52+,53-,54-,55+/m1/s1. The van der Waals surface area contributed by atoms with Crippen molar-refractivity contribution < 1.29 is 56.6 Å². The van der Waals surface area contributed by atoms with Gasteiger partial charge in [-0.25, -0.2) is 4.39 Å². The highest BCUT2D eigenvalue weighted by atomic mass is 35.6. The number of carbonyl (C=O) groups excluding carboxylic acids is 1. The van der Waals surface area contributed by atoms with E-state index in [4.69, 9.17) is 82.2 Å². The minimum absolute atomic E-state index is 0.00908. The summed E-state index contributed by atoms with van der Waals surface area (Å²) < 4.78 is 80.3. The van der Waals surface area contributed by atoms with Crippen LogP contribution in [0.15, 0.2) is 176 Å². The minimum atomic E-state index is -2.46. The fraction of sp³-hybridized carbons (Fsp3) is 0.351. The zero-order valence-electron chi connectivity index (χ0n) is 40.2. The van der Waals surface area contributed by atoms with Crippen molar-refractivity contribution in [2.75, 3.05) is 20.3 Å². The maximum absolute atomic E-state index is 16.8. The molecule has 0 spiro atoms. The number of rotatable bonds is 24. The van der Waals surface area contributed by atoms with Crippen LogP contribution in [0.25, 0.3) is 0 Å². The Kier molecular flexibility index (Phi) is 20.5. The van der Waals surface area contributed by atoms with Crippen molar-refractivity contribution in [2.24, 2.45) is 0 Å². The Labute approximate surface area is 440 Å². The molecule has 2 fully saturated rings. The maximum atomic E-state index is 16.8. The van der Waals surface area contributed by atoms with Crippen LogP contribution in [-0.4, -0.2) is 91.4 Å². The van der Waals surface area contributed by atoms with Crippen LogP contribution < -0.4 is 10.1 Å². The van der Waals surface area contributed by atoms with Crippen molar-refractivity contribution in [3.8, 4) is 5.75 Å². The summed E-state index contributed by atoms with van der Waals surface area (Å²) in [6.45, 7) is 0.652. The van der Waals surface area contributed by atoms with Crippen LogP contribution in [0.2, 0.25) is 0 Å². The fourth-order valence-electron chi connectivity index (χ4n) is 8.57. The van der Waals surface area contributed by atoms with E-state index in [9.17, 15) is 4.79 Å². The first-order valence-corrected chi connectivity index (χ1v) is 25.2. The molecule has 1 N–H and O–H groups in total. The monoisotopic (exact) mass is 1060 g/mol. The van der Waals surface area contributed by atoms with Gasteiger partial charge in [0, 0.05) is 0 Å². The highest BCUT2D eigenvalue weighted by Gasteiger charge is 2.55. The lowest BCUT2D eigenvalue weighted by atomic mass is 9.95. The molecule has 16 heteroatoms. The molecule has 2 saturated heterocycles. The molecule has 0 bridgehead atoms. The largest absolute Gasteiger partial charge is 0.497 e. The zero-order chi connectivity index (χ0) is 50.8. The van der Waals surface area contributed by atoms with Gasteiger partial charge in [-0.3, -0.25) is 4.79 Å². The normalized spacial score (nSPS) is 24.2. The van der Waals surface area contributed by atoms with Gasteiger partial charge in [-0.1, -0.05) is 199 Å². The van der Waals surface area contributed by atoms with Gasteiger partial charge in [0.2, 0.25) is 6.36 Å².